The molecule has 1 saturated heterocycles. The molecule has 0 atom stereocenters. The Morgan fingerprint density at radius 2 is 2.00 bits per heavy atom. The first-order chi connectivity index (χ1) is 13.5. The second-order valence-corrected chi connectivity index (χ2v) is 7.29. The number of aryl methyl sites for hydroxylation is 2. The molecule has 28 heavy (non-hydrogen) atoms. The number of fused-ring (bicyclic) bond motifs is 1. The van der Waals surface area contributed by atoms with Crippen molar-refractivity contribution in [1.82, 2.24) is 20.0 Å². The molecule has 8 heteroatoms. The Kier molecular flexibility index (Phi) is 4.80. The van der Waals surface area contributed by atoms with Crippen LogP contribution in [-0.4, -0.2) is 52.4 Å². The summed E-state index contributed by atoms with van der Waals surface area (Å²) >= 11 is 0. The van der Waals surface area contributed by atoms with Crippen LogP contribution in [-0.2, 0) is 11.8 Å². The van der Waals surface area contributed by atoms with Gasteiger partial charge in [-0.15, -0.1) is 0 Å². The van der Waals surface area contributed by atoms with Crippen LogP contribution >= 0.6 is 0 Å². The summed E-state index contributed by atoms with van der Waals surface area (Å²) in [5.41, 5.74) is 3.78. The lowest BCUT2D eigenvalue weighted by Gasteiger charge is -2.28. The summed E-state index contributed by atoms with van der Waals surface area (Å²) in [6, 6.07) is 5.74. The summed E-state index contributed by atoms with van der Waals surface area (Å²) in [5, 5.41) is 13.0. The number of nitrogens with one attached hydrogen (secondary N) is 1. The van der Waals surface area contributed by atoms with Crippen molar-refractivity contribution in [1.29, 1.82) is 0 Å². The smallest absolute Gasteiger partial charge is 0.290 e. The lowest BCUT2D eigenvalue weighted by molar-refractivity contribution is 0.122. The number of aromatic amines is 1. The topological polar surface area (TPSA) is 85.3 Å². The van der Waals surface area contributed by atoms with Gasteiger partial charge in [-0.1, -0.05) is 0 Å². The standard InChI is InChI=1S/C20H25N5O3/c1-12(2)28-17-6-5-14-18(13(17)3)19(22-21-14)15-11-16(20(26)24(4)23-15)25-7-9-27-10-8-25/h5-6,11-12H,7-10H2,1-4H3,(H,21,22). The van der Waals surface area contributed by atoms with Gasteiger partial charge in [0.2, 0.25) is 0 Å². The van der Waals surface area contributed by atoms with E-state index >= 15 is 0 Å². The maximum Gasteiger partial charge on any atom is 0.290 e. The van der Waals surface area contributed by atoms with E-state index in [1.165, 1.54) is 4.68 Å². The zero-order chi connectivity index (χ0) is 19.8. The van der Waals surface area contributed by atoms with Gasteiger partial charge in [-0.3, -0.25) is 9.89 Å². The first-order valence-electron chi connectivity index (χ1n) is 9.51. The van der Waals surface area contributed by atoms with Gasteiger partial charge in [-0.05, 0) is 39.0 Å². The van der Waals surface area contributed by atoms with Crippen LogP contribution in [0.25, 0.3) is 22.3 Å². The van der Waals surface area contributed by atoms with Crippen LogP contribution in [0.15, 0.2) is 23.0 Å². The first-order valence-corrected chi connectivity index (χ1v) is 9.51. The maximum absolute atomic E-state index is 12.7. The van der Waals surface area contributed by atoms with Crippen molar-refractivity contribution in [2.45, 2.75) is 26.9 Å². The van der Waals surface area contributed by atoms with Crippen LogP contribution in [0, 0.1) is 6.92 Å². The third-order valence-electron chi connectivity index (χ3n) is 4.94. The van der Waals surface area contributed by atoms with Crippen LogP contribution < -0.4 is 15.2 Å². The van der Waals surface area contributed by atoms with Gasteiger partial charge < -0.3 is 14.4 Å². The molecule has 0 unspecified atom stereocenters. The van der Waals surface area contributed by atoms with E-state index in [4.69, 9.17) is 9.47 Å². The Labute approximate surface area is 163 Å². The second-order valence-electron chi connectivity index (χ2n) is 7.29. The molecule has 1 aromatic carbocycles. The number of aromatic nitrogens is 4. The number of rotatable bonds is 4. The van der Waals surface area contributed by atoms with E-state index < -0.39 is 0 Å². The fraction of sp³-hybridized carbons (Fsp3) is 0.450. The number of H-pyrrole nitrogens is 1. The van der Waals surface area contributed by atoms with Crippen molar-refractivity contribution in [3.63, 3.8) is 0 Å². The number of hydrogen-bond donors (Lipinski definition) is 1. The summed E-state index contributed by atoms with van der Waals surface area (Å²) in [7, 11) is 1.67. The summed E-state index contributed by atoms with van der Waals surface area (Å²) < 4.78 is 12.7. The van der Waals surface area contributed by atoms with E-state index in [2.05, 4.69) is 15.3 Å². The number of morpholine rings is 1. The number of ether oxygens (including phenoxy) is 2. The van der Waals surface area contributed by atoms with E-state index in [0.717, 1.165) is 22.2 Å². The molecule has 2 aromatic heterocycles. The number of anilines is 1. The van der Waals surface area contributed by atoms with Crippen molar-refractivity contribution < 1.29 is 9.47 Å². The molecule has 0 amide bonds. The highest BCUT2D eigenvalue weighted by Gasteiger charge is 2.21. The molecule has 1 aliphatic heterocycles. The minimum absolute atomic E-state index is 0.0788. The molecule has 1 aliphatic rings. The predicted octanol–water partition coefficient (Wildman–Crippen LogP) is 2.26. The van der Waals surface area contributed by atoms with E-state index in [-0.39, 0.29) is 11.7 Å². The monoisotopic (exact) mass is 383 g/mol. The van der Waals surface area contributed by atoms with Crippen molar-refractivity contribution in [3.8, 4) is 17.1 Å². The largest absolute Gasteiger partial charge is 0.491 e. The molecule has 3 aromatic rings. The minimum Gasteiger partial charge on any atom is -0.491 e. The van der Waals surface area contributed by atoms with Gasteiger partial charge >= 0.3 is 0 Å². The Bertz CT molecular complexity index is 1060. The fourth-order valence-corrected chi connectivity index (χ4v) is 3.57. The van der Waals surface area contributed by atoms with Gasteiger partial charge in [0, 0.05) is 31.1 Å². The summed E-state index contributed by atoms with van der Waals surface area (Å²) in [5.74, 6) is 0.823. The molecule has 0 saturated carbocycles. The van der Waals surface area contributed by atoms with Gasteiger partial charge in [-0.25, -0.2) is 4.68 Å². The van der Waals surface area contributed by atoms with Gasteiger partial charge in [0.1, 0.15) is 22.8 Å². The van der Waals surface area contributed by atoms with Gasteiger partial charge in [0.15, 0.2) is 0 Å². The van der Waals surface area contributed by atoms with Crippen molar-refractivity contribution in [2.24, 2.45) is 7.05 Å². The minimum atomic E-state index is -0.119. The van der Waals surface area contributed by atoms with E-state index in [0.29, 0.717) is 43.4 Å². The predicted molar refractivity (Wildman–Crippen MR) is 108 cm³/mol. The lowest BCUT2D eigenvalue weighted by Crippen LogP contribution is -2.40. The van der Waals surface area contributed by atoms with Crippen molar-refractivity contribution >= 4 is 16.6 Å². The lowest BCUT2D eigenvalue weighted by atomic mass is 10.1. The molecule has 8 nitrogen and oxygen atoms in total. The quantitative estimate of drug-likeness (QED) is 0.744. The number of benzene rings is 1. The Morgan fingerprint density at radius 1 is 1.25 bits per heavy atom. The van der Waals surface area contributed by atoms with Crippen LogP contribution in [0.2, 0.25) is 0 Å². The van der Waals surface area contributed by atoms with Crippen LogP contribution in [0.3, 0.4) is 0 Å². The Morgan fingerprint density at radius 3 is 2.71 bits per heavy atom. The zero-order valence-electron chi connectivity index (χ0n) is 16.7. The molecule has 0 aliphatic carbocycles. The molecule has 1 N–H and O–H groups in total. The van der Waals surface area contributed by atoms with E-state index in [1.54, 1.807) is 7.05 Å². The first kappa shape index (κ1) is 18.5. The molecule has 0 radical (unpaired) electrons. The van der Waals surface area contributed by atoms with E-state index in [1.807, 2.05) is 43.9 Å². The molecule has 0 bridgehead atoms. The average Bonchev–Trinajstić information content (AvgIpc) is 3.11. The van der Waals surface area contributed by atoms with E-state index in [9.17, 15) is 4.79 Å². The molecule has 1 fully saturated rings. The van der Waals surface area contributed by atoms with Gasteiger partial charge in [-0.2, -0.15) is 10.2 Å². The SMILES string of the molecule is Cc1c(OC(C)C)ccc2[nH]nc(-c3cc(N4CCOCC4)c(=O)n(C)n3)c12. The molecular weight excluding hydrogens is 358 g/mol. The van der Waals surface area contributed by atoms with Crippen LogP contribution in [0.5, 0.6) is 5.75 Å². The molecule has 3 heterocycles. The average molecular weight is 383 g/mol. The molecule has 0 spiro atoms. The van der Waals surface area contributed by atoms with Crippen LogP contribution in [0.4, 0.5) is 5.69 Å². The molecule has 4 rings (SSSR count). The number of nitrogens with zero attached hydrogens (tertiary/aromatic N) is 4. The summed E-state index contributed by atoms with van der Waals surface area (Å²) in [4.78, 5) is 14.7. The van der Waals surface area contributed by atoms with Crippen LogP contribution in [0.1, 0.15) is 19.4 Å². The Balaban J connectivity index is 1.86. The third kappa shape index (κ3) is 3.24. The maximum atomic E-state index is 12.7. The Hall–Kier alpha value is -2.87. The highest BCUT2D eigenvalue weighted by molar-refractivity contribution is 5.96. The molecular formula is C20H25N5O3. The molecule has 148 valence electrons. The number of hydrogen-bond acceptors (Lipinski definition) is 6. The van der Waals surface area contributed by atoms with Gasteiger partial charge in [0.05, 0.1) is 24.8 Å². The van der Waals surface area contributed by atoms with Crippen molar-refractivity contribution in [3.05, 3.63) is 34.1 Å². The summed E-state index contributed by atoms with van der Waals surface area (Å²) in [6.07, 6.45) is 0.0788. The fourth-order valence-electron chi connectivity index (χ4n) is 3.57. The highest BCUT2D eigenvalue weighted by Crippen LogP contribution is 2.33. The highest BCUT2D eigenvalue weighted by atomic mass is 16.5. The second kappa shape index (κ2) is 7.27. The zero-order valence-corrected chi connectivity index (χ0v) is 16.7. The third-order valence-corrected chi connectivity index (χ3v) is 4.94. The van der Waals surface area contributed by atoms with Gasteiger partial charge in [0.25, 0.3) is 5.56 Å². The summed E-state index contributed by atoms with van der Waals surface area (Å²) in [6.45, 7) is 8.62. The van der Waals surface area contributed by atoms with Crippen molar-refractivity contribution in [2.75, 3.05) is 31.2 Å². The normalized spacial score (nSPS) is 14.8.